The lowest BCUT2D eigenvalue weighted by molar-refractivity contribution is 0.242. The Labute approximate surface area is 124 Å². The zero-order valence-corrected chi connectivity index (χ0v) is 12.1. The molecule has 0 unspecified atom stereocenters. The summed E-state index contributed by atoms with van der Waals surface area (Å²) < 4.78 is 0. The largest absolute Gasteiger partial charge is 0.342 e. The lowest BCUT2D eigenvalue weighted by Gasteiger charge is -2.26. The van der Waals surface area contributed by atoms with Crippen molar-refractivity contribution in [1.82, 2.24) is 20.2 Å². The van der Waals surface area contributed by atoms with Crippen LogP contribution in [0.15, 0.2) is 36.4 Å². The zero-order valence-electron chi connectivity index (χ0n) is 12.1. The second kappa shape index (κ2) is 5.47. The molecule has 1 fully saturated rings. The van der Waals surface area contributed by atoms with Crippen LogP contribution in [0.25, 0.3) is 21.8 Å². The number of benzene rings is 2. The minimum atomic E-state index is 0.989. The third kappa shape index (κ3) is 2.52. The summed E-state index contributed by atoms with van der Waals surface area (Å²) in [6.45, 7) is 5.57. The number of aromatic nitrogens is 2. The van der Waals surface area contributed by atoms with Crippen molar-refractivity contribution in [3.63, 3.8) is 0 Å². The molecule has 0 amide bonds. The Morgan fingerprint density at radius 3 is 2.81 bits per heavy atom. The number of rotatable bonds is 3. The van der Waals surface area contributed by atoms with Gasteiger partial charge in [0.15, 0.2) is 0 Å². The first-order valence-electron chi connectivity index (χ1n) is 7.69. The van der Waals surface area contributed by atoms with E-state index in [1.165, 1.54) is 10.8 Å². The highest BCUT2D eigenvalue weighted by Crippen LogP contribution is 2.23. The highest BCUT2D eigenvalue weighted by atomic mass is 15.2. The Morgan fingerprint density at radius 2 is 1.90 bits per heavy atom. The summed E-state index contributed by atoms with van der Waals surface area (Å²) in [7, 11) is 0. The fraction of sp³-hybridized carbons (Fsp3) is 0.353. The van der Waals surface area contributed by atoms with Crippen LogP contribution in [0.3, 0.4) is 0 Å². The van der Waals surface area contributed by atoms with Gasteiger partial charge in [-0.15, -0.1) is 0 Å². The van der Waals surface area contributed by atoms with E-state index >= 15 is 0 Å². The van der Waals surface area contributed by atoms with Gasteiger partial charge in [-0.25, -0.2) is 4.98 Å². The van der Waals surface area contributed by atoms with Crippen LogP contribution in [0.4, 0.5) is 0 Å². The average Bonchev–Trinajstić information content (AvgIpc) is 2.97. The van der Waals surface area contributed by atoms with E-state index in [0.29, 0.717) is 0 Å². The normalized spacial score (nSPS) is 16.8. The molecule has 1 aliphatic heterocycles. The van der Waals surface area contributed by atoms with E-state index in [9.17, 15) is 0 Å². The van der Waals surface area contributed by atoms with E-state index < -0.39 is 0 Å². The van der Waals surface area contributed by atoms with Crippen molar-refractivity contribution in [3.05, 3.63) is 42.2 Å². The van der Waals surface area contributed by atoms with Gasteiger partial charge in [0, 0.05) is 44.5 Å². The van der Waals surface area contributed by atoms with Crippen molar-refractivity contribution in [2.24, 2.45) is 0 Å². The summed E-state index contributed by atoms with van der Waals surface area (Å²) in [6.07, 6.45) is 0.989. The summed E-state index contributed by atoms with van der Waals surface area (Å²) in [6, 6.07) is 12.8. The molecule has 0 spiro atoms. The Hall–Kier alpha value is -1.91. The quantitative estimate of drug-likeness (QED) is 0.773. The van der Waals surface area contributed by atoms with Crippen molar-refractivity contribution in [2.45, 2.75) is 6.42 Å². The molecule has 0 radical (unpaired) electrons. The predicted molar refractivity (Wildman–Crippen MR) is 86.6 cm³/mol. The lowest BCUT2D eigenvalue weighted by atomic mass is 10.1. The Kier molecular flexibility index (Phi) is 3.33. The Morgan fingerprint density at radius 1 is 1.05 bits per heavy atom. The number of aromatic amines is 1. The average molecular weight is 280 g/mol. The maximum Gasteiger partial charge on any atom is 0.108 e. The van der Waals surface area contributed by atoms with Gasteiger partial charge in [0.2, 0.25) is 0 Å². The van der Waals surface area contributed by atoms with Gasteiger partial charge in [-0.1, -0.05) is 30.3 Å². The van der Waals surface area contributed by atoms with Crippen molar-refractivity contribution in [1.29, 1.82) is 0 Å². The maximum atomic E-state index is 4.83. The number of nitrogens with zero attached hydrogens (tertiary/aromatic N) is 2. The molecule has 0 bridgehead atoms. The number of imidazole rings is 1. The van der Waals surface area contributed by atoms with Crippen LogP contribution in [0, 0.1) is 0 Å². The lowest BCUT2D eigenvalue weighted by Crippen LogP contribution is -2.44. The molecule has 0 atom stereocenters. The fourth-order valence-corrected chi connectivity index (χ4v) is 3.11. The van der Waals surface area contributed by atoms with E-state index in [2.05, 4.69) is 51.6 Å². The Balaban J connectivity index is 1.59. The van der Waals surface area contributed by atoms with Crippen LogP contribution in [0.2, 0.25) is 0 Å². The molecule has 2 heterocycles. The van der Waals surface area contributed by atoms with Gasteiger partial charge in [0.05, 0.1) is 11.0 Å². The van der Waals surface area contributed by atoms with Gasteiger partial charge in [-0.3, -0.25) is 0 Å². The van der Waals surface area contributed by atoms with Crippen LogP contribution in [-0.4, -0.2) is 47.6 Å². The van der Waals surface area contributed by atoms with Gasteiger partial charge in [-0.2, -0.15) is 0 Å². The summed E-state index contributed by atoms with van der Waals surface area (Å²) in [4.78, 5) is 10.8. The van der Waals surface area contributed by atoms with Gasteiger partial charge in [-0.05, 0) is 11.5 Å². The minimum Gasteiger partial charge on any atom is -0.342 e. The van der Waals surface area contributed by atoms with Crippen LogP contribution >= 0.6 is 0 Å². The summed E-state index contributed by atoms with van der Waals surface area (Å²) in [5.74, 6) is 1.10. The van der Waals surface area contributed by atoms with Crippen molar-refractivity contribution in [2.75, 3.05) is 32.7 Å². The number of piperazine rings is 1. The van der Waals surface area contributed by atoms with Crippen molar-refractivity contribution >= 4 is 21.8 Å². The molecule has 21 heavy (non-hydrogen) atoms. The van der Waals surface area contributed by atoms with Crippen LogP contribution in [0.5, 0.6) is 0 Å². The molecule has 108 valence electrons. The first kappa shape index (κ1) is 12.8. The fourth-order valence-electron chi connectivity index (χ4n) is 3.11. The summed E-state index contributed by atoms with van der Waals surface area (Å²) in [5, 5.41) is 5.88. The first-order chi connectivity index (χ1) is 10.4. The van der Waals surface area contributed by atoms with E-state index in [1.54, 1.807) is 0 Å². The van der Waals surface area contributed by atoms with Gasteiger partial charge >= 0.3 is 0 Å². The SMILES string of the molecule is c1ccc2c(c1)ccc1[nH]c(CCN3CCNCC3)nc12. The molecule has 0 aliphatic carbocycles. The monoisotopic (exact) mass is 280 g/mol. The molecule has 2 aromatic carbocycles. The number of hydrogen-bond acceptors (Lipinski definition) is 3. The molecular formula is C17H20N4. The summed E-state index contributed by atoms with van der Waals surface area (Å²) in [5.41, 5.74) is 2.24. The smallest absolute Gasteiger partial charge is 0.108 e. The highest BCUT2D eigenvalue weighted by molar-refractivity contribution is 6.04. The van der Waals surface area contributed by atoms with Gasteiger partial charge in [0.1, 0.15) is 5.82 Å². The molecule has 4 nitrogen and oxygen atoms in total. The molecule has 1 aromatic heterocycles. The molecule has 1 aliphatic rings. The third-order valence-electron chi connectivity index (χ3n) is 4.30. The topological polar surface area (TPSA) is 44.0 Å². The van der Waals surface area contributed by atoms with Crippen molar-refractivity contribution < 1.29 is 0 Å². The number of nitrogens with one attached hydrogen (secondary N) is 2. The Bertz CT molecular complexity index is 756. The molecule has 4 heteroatoms. The summed E-state index contributed by atoms with van der Waals surface area (Å²) >= 11 is 0. The number of hydrogen-bond donors (Lipinski definition) is 2. The number of fused-ring (bicyclic) bond motifs is 3. The molecule has 4 rings (SSSR count). The van der Waals surface area contributed by atoms with Gasteiger partial charge < -0.3 is 15.2 Å². The molecular weight excluding hydrogens is 260 g/mol. The second-order valence-corrected chi connectivity index (χ2v) is 5.71. The van der Waals surface area contributed by atoms with E-state index in [-0.39, 0.29) is 0 Å². The first-order valence-corrected chi connectivity index (χ1v) is 7.69. The third-order valence-corrected chi connectivity index (χ3v) is 4.30. The van der Waals surface area contributed by atoms with E-state index in [4.69, 9.17) is 4.98 Å². The maximum absolute atomic E-state index is 4.83. The molecule has 2 N–H and O–H groups in total. The number of H-pyrrole nitrogens is 1. The minimum absolute atomic E-state index is 0.989. The molecule has 1 saturated heterocycles. The van der Waals surface area contributed by atoms with Crippen LogP contribution in [-0.2, 0) is 6.42 Å². The molecule has 0 saturated carbocycles. The standard InChI is InChI=1S/C17H20N4/c1-2-4-14-13(3-1)5-6-15-17(14)20-16(19-15)7-10-21-11-8-18-9-12-21/h1-6,18H,7-12H2,(H,19,20). The van der Waals surface area contributed by atoms with E-state index in [0.717, 1.165) is 56.0 Å². The zero-order chi connectivity index (χ0) is 14.1. The van der Waals surface area contributed by atoms with E-state index in [1.807, 2.05) is 0 Å². The highest BCUT2D eigenvalue weighted by Gasteiger charge is 2.11. The van der Waals surface area contributed by atoms with Crippen LogP contribution < -0.4 is 5.32 Å². The molecule has 3 aromatic rings. The van der Waals surface area contributed by atoms with Crippen molar-refractivity contribution in [3.8, 4) is 0 Å². The predicted octanol–water partition coefficient (Wildman–Crippen LogP) is 2.16. The van der Waals surface area contributed by atoms with Crippen LogP contribution in [0.1, 0.15) is 5.82 Å². The second-order valence-electron chi connectivity index (χ2n) is 5.71. The van der Waals surface area contributed by atoms with Gasteiger partial charge in [0.25, 0.3) is 0 Å².